The molecule has 1 aromatic heterocycles. The van der Waals surface area contributed by atoms with Crippen LogP contribution in [0, 0.1) is 0 Å². The molecule has 0 N–H and O–H groups in total. The van der Waals surface area contributed by atoms with Crippen molar-refractivity contribution in [1.29, 1.82) is 0 Å². The number of hydrogen-bond donors (Lipinski definition) is 0. The predicted octanol–water partition coefficient (Wildman–Crippen LogP) is 2.75. The van der Waals surface area contributed by atoms with Gasteiger partial charge in [0.1, 0.15) is 5.15 Å². The first-order valence-electron chi connectivity index (χ1n) is 5.37. The summed E-state index contributed by atoms with van der Waals surface area (Å²) in [7, 11) is 2.10. The van der Waals surface area contributed by atoms with Gasteiger partial charge in [-0.2, -0.15) is 0 Å². The molecular weight excluding hydrogens is 210 g/mol. The highest BCUT2D eigenvalue weighted by atomic mass is 35.5. The third kappa shape index (κ3) is 5.09. The average Bonchev–Trinajstić information content (AvgIpc) is 2.22. The van der Waals surface area contributed by atoms with Gasteiger partial charge >= 0.3 is 0 Å². The highest BCUT2D eigenvalue weighted by Gasteiger charge is 2.01. The summed E-state index contributed by atoms with van der Waals surface area (Å²) in [6, 6.07) is 0. The van der Waals surface area contributed by atoms with E-state index >= 15 is 0 Å². The molecule has 0 aliphatic heterocycles. The van der Waals surface area contributed by atoms with Crippen LogP contribution in [0.4, 0.5) is 0 Å². The standard InChI is InChI=1S/C11H18ClN3/c1-3-4-5-6-15(2)9-10-7-14-11(12)8-13-10/h7-8H,3-6,9H2,1-2H3. The van der Waals surface area contributed by atoms with Gasteiger partial charge in [0.05, 0.1) is 18.1 Å². The van der Waals surface area contributed by atoms with Gasteiger partial charge in [-0.1, -0.05) is 31.4 Å². The summed E-state index contributed by atoms with van der Waals surface area (Å²) in [5.41, 5.74) is 0.971. The fraction of sp³-hybridized carbons (Fsp3) is 0.636. The molecule has 0 aromatic carbocycles. The highest BCUT2D eigenvalue weighted by molar-refractivity contribution is 6.29. The van der Waals surface area contributed by atoms with Crippen LogP contribution in [0.5, 0.6) is 0 Å². The Labute approximate surface area is 96.5 Å². The van der Waals surface area contributed by atoms with Gasteiger partial charge in [0, 0.05) is 6.54 Å². The normalized spacial score (nSPS) is 10.9. The second-order valence-corrected chi connectivity index (χ2v) is 4.16. The van der Waals surface area contributed by atoms with Crippen LogP contribution in [0.3, 0.4) is 0 Å². The first kappa shape index (κ1) is 12.4. The topological polar surface area (TPSA) is 29.0 Å². The fourth-order valence-corrected chi connectivity index (χ4v) is 1.51. The van der Waals surface area contributed by atoms with E-state index < -0.39 is 0 Å². The number of nitrogens with zero attached hydrogens (tertiary/aromatic N) is 3. The lowest BCUT2D eigenvalue weighted by molar-refractivity contribution is 0.314. The van der Waals surface area contributed by atoms with Crippen molar-refractivity contribution in [2.45, 2.75) is 32.7 Å². The maximum Gasteiger partial charge on any atom is 0.147 e. The monoisotopic (exact) mass is 227 g/mol. The zero-order chi connectivity index (χ0) is 11.1. The Bertz CT molecular complexity index is 274. The molecule has 0 atom stereocenters. The van der Waals surface area contributed by atoms with Crippen LogP contribution in [0.15, 0.2) is 12.4 Å². The molecule has 0 spiro atoms. The Morgan fingerprint density at radius 3 is 2.67 bits per heavy atom. The van der Waals surface area contributed by atoms with Crippen LogP contribution < -0.4 is 0 Å². The third-order valence-electron chi connectivity index (χ3n) is 2.25. The van der Waals surface area contributed by atoms with E-state index in [9.17, 15) is 0 Å². The Balaban J connectivity index is 2.31. The van der Waals surface area contributed by atoms with E-state index in [0.29, 0.717) is 5.15 Å². The van der Waals surface area contributed by atoms with E-state index in [-0.39, 0.29) is 0 Å². The van der Waals surface area contributed by atoms with Gasteiger partial charge < -0.3 is 4.90 Å². The van der Waals surface area contributed by atoms with Gasteiger partial charge in [0.2, 0.25) is 0 Å². The summed E-state index contributed by atoms with van der Waals surface area (Å²) in [6.07, 6.45) is 7.12. The van der Waals surface area contributed by atoms with Gasteiger partial charge in [-0.05, 0) is 20.0 Å². The smallest absolute Gasteiger partial charge is 0.147 e. The quantitative estimate of drug-likeness (QED) is 0.700. The Morgan fingerprint density at radius 2 is 2.07 bits per heavy atom. The van der Waals surface area contributed by atoms with E-state index in [0.717, 1.165) is 18.8 Å². The molecule has 0 aliphatic rings. The number of rotatable bonds is 6. The summed E-state index contributed by atoms with van der Waals surface area (Å²) >= 11 is 5.66. The number of aromatic nitrogens is 2. The van der Waals surface area contributed by atoms with Crippen molar-refractivity contribution in [3.63, 3.8) is 0 Å². The lowest BCUT2D eigenvalue weighted by Gasteiger charge is -2.15. The minimum Gasteiger partial charge on any atom is -0.300 e. The van der Waals surface area contributed by atoms with Crippen LogP contribution >= 0.6 is 11.6 Å². The zero-order valence-electron chi connectivity index (χ0n) is 9.41. The maximum absolute atomic E-state index is 5.66. The molecule has 0 amide bonds. The molecule has 1 rings (SSSR count). The molecule has 84 valence electrons. The molecule has 1 aromatic rings. The fourth-order valence-electron chi connectivity index (χ4n) is 1.41. The van der Waals surface area contributed by atoms with Crippen LogP contribution in [-0.4, -0.2) is 28.5 Å². The molecule has 3 nitrogen and oxygen atoms in total. The van der Waals surface area contributed by atoms with Crippen molar-refractivity contribution >= 4 is 11.6 Å². The SMILES string of the molecule is CCCCCN(C)Cc1cnc(Cl)cn1. The molecule has 0 bridgehead atoms. The van der Waals surface area contributed by atoms with Crippen molar-refractivity contribution in [2.75, 3.05) is 13.6 Å². The number of halogens is 1. The second kappa shape index (κ2) is 6.75. The Morgan fingerprint density at radius 1 is 1.27 bits per heavy atom. The van der Waals surface area contributed by atoms with Gasteiger partial charge in [0.15, 0.2) is 0 Å². The Kier molecular flexibility index (Phi) is 5.58. The lowest BCUT2D eigenvalue weighted by atomic mass is 10.2. The molecule has 0 aliphatic carbocycles. The average molecular weight is 228 g/mol. The Hall–Kier alpha value is -0.670. The molecular formula is C11H18ClN3. The van der Waals surface area contributed by atoms with E-state index in [2.05, 4.69) is 28.8 Å². The van der Waals surface area contributed by atoms with Crippen molar-refractivity contribution in [3.05, 3.63) is 23.2 Å². The van der Waals surface area contributed by atoms with Crippen LogP contribution in [0.25, 0.3) is 0 Å². The van der Waals surface area contributed by atoms with E-state index in [1.807, 2.05) is 0 Å². The van der Waals surface area contributed by atoms with Crippen molar-refractivity contribution in [1.82, 2.24) is 14.9 Å². The van der Waals surface area contributed by atoms with Gasteiger partial charge in [-0.15, -0.1) is 0 Å². The van der Waals surface area contributed by atoms with E-state index in [1.54, 1.807) is 12.4 Å². The summed E-state index contributed by atoms with van der Waals surface area (Å²) in [4.78, 5) is 10.5. The molecule has 0 radical (unpaired) electrons. The van der Waals surface area contributed by atoms with Crippen LogP contribution in [-0.2, 0) is 6.54 Å². The van der Waals surface area contributed by atoms with Crippen molar-refractivity contribution in [2.24, 2.45) is 0 Å². The third-order valence-corrected chi connectivity index (χ3v) is 2.44. The lowest BCUT2D eigenvalue weighted by Crippen LogP contribution is -2.19. The minimum atomic E-state index is 0.451. The van der Waals surface area contributed by atoms with Crippen molar-refractivity contribution < 1.29 is 0 Å². The summed E-state index contributed by atoms with van der Waals surface area (Å²) in [6.45, 7) is 4.16. The summed E-state index contributed by atoms with van der Waals surface area (Å²) < 4.78 is 0. The summed E-state index contributed by atoms with van der Waals surface area (Å²) in [5, 5.41) is 0.451. The highest BCUT2D eigenvalue weighted by Crippen LogP contribution is 2.04. The molecule has 0 saturated heterocycles. The number of unbranched alkanes of at least 4 members (excludes halogenated alkanes) is 2. The zero-order valence-corrected chi connectivity index (χ0v) is 10.2. The molecule has 0 unspecified atom stereocenters. The van der Waals surface area contributed by atoms with E-state index in [1.165, 1.54) is 19.3 Å². The summed E-state index contributed by atoms with van der Waals surface area (Å²) in [5.74, 6) is 0. The molecule has 0 fully saturated rings. The number of hydrogen-bond acceptors (Lipinski definition) is 3. The van der Waals surface area contributed by atoms with E-state index in [4.69, 9.17) is 11.6 Å². The van der Waals surface area contributed by atoms with Gasteiger partial charge in [-0.25, -0.2) is 4.98 Å². The van der Waals surface area contributed by atoms with Gasteiger partial charge in [-0.3, -0.25) is 4.98 Å². The minimum absolute atomic E-state index is 0.451. The van der Waals surface area contributed by atoms with Crippen molar-refractivity contribution in [3.8, 4) is 0 Å². The molecule has 4 heteroatoms. The molecule has 1 heterocycles. The largest absolute Gasteiger partial charge is 0.300 e. The second-order valence-electron chi connectivity index (χ2n) is 3.78. The maximum atomic E-state index is 5.66. The first-order chi connectivity index (χ1) is 7.22. The molecule has 15 heavy (non-hydrogen) atoms. The van der Waals surface area contributed by atoms with Gasteiger partial charge in [0.25, 0.3) is 0 Å². The van der Waals surface area contributed by atoms with Crippen LogP contribution in [0.1, 0.15) is 31.9 Å². The van der Waals surface area contributed by atoms with Crippen LogP contribution in [0.2, 0.25) is 5.15 Å². The first-order valence-corrected chi connectivity index (χ1v) is 5.75. The molecule has 0 saturated carbocycles. The predicted molar refractivity (Wildman–Crippen MR) is 62.9 cm³/mol.